The highest BCUT2D eigenvalue weighted by atomic mass is 32.2. The lowest BCUT2D eigenvalue weighted by molar-refractivity contribution is 0.584. The van der Waals surface area contributed by atoms with E-state index in [2.05, 4.69) is 9.93 Å². The molecule has 1 aromatic rings. The number of allylic oxidation sites excluding steroid dienone is 2. The monoisotopic (exact) mass is 264 g/mol. The van der Waals surface area contributed by atoms with Gasteiger partial charge in [-0.15, -0.1) is 0 Å². The molecule has 0 amide bonds. The standard InChI is InChI=1S/C13H16N2O2S/c1-10-4-7-13(8-5-10)18(16,17)15-14-12-6-3-11(2)9-12/h4-5,7-9,15H,3,6H2,1-2H3. The highest BCUT2D eigenvalue weighted by Crippen LogP contribution is 2.15. The first-order valence-corrected chi connectivity index (χ1v) is 7.28. The lowest BCUT2D eigenvalue weighted by Crippen LogP contribution is -2.19. The lowest BCUT2D eigenvalue weighted by Gasteiger charge is -2.04. The Kier molecular flexibility index (Phi) is 3.52. The Hall–Kier alpha value is -1.62. The Morgan fingerprint density at radius 3 is 2.33 bits per heavy atom. The van der Waals surface area contributed by atoms with E-state index in [1.54, 1.807) is 24.3 Å². The molecule has 5 heteroatoms. The van der Waals surface area contributed by atoms with Gasteiger partial charge in [-0.3, -0.25) is 0 Å². The van der Waals surface area contributed by atoms with E-state index in [0.717, 1.165) is 24.1 Å². The maximum atomic E-state index is 11.9. The van der Waals surface area contributed by atoms with Crippen molar-refractivity contribution in [1.29, 1.82) is 0 Å². The van der Waals surface area contributed by atoms with Gasteiger partial charge in [0.25, 0.3) is 10.0 Å². The highest BCUT2D eigenvalue weighted by molar-refractivity contribution is 7.89. The van der Waals surface area contributed by atoms with Crippen molar-refractivity contribution in [2.45, 2.75) is 31.6 Å². The zero-order valence-electron chi connectivity index (χ0n) is 10.5. The van der Waals surface area contributed by atoms with E-state index in [9.17, 15) is 8.42 Å². The molecular formula is C13H16N2O2S. The average molecular weight is 264 g/mol. The van der Waals surface area contributed by atoms with Gasteiger partial charge in [0.05, 0.1) is 10.6 Å². The van der Waals surface area contributed by atoms with Gasteiger partial charge in [0, 0.05) is 0 Å². The number of benzene rings is 1. The van der Waals surface area contributed by atoms with Crippen molar-refractivity contribution in [3.63, 3.8) is 0 Å². The summed E-state index contributed by atoms with van der Waals surface area (Å²) in [4.78, 5) is 2.51. The third-order valence-electron chi connectivity index (χ3n) is 2.83. The maximum absolute atomic E-state index is 11.9. The quantitative estimate of drug-likeness (QED) is 0.852. The number of hydrogen-bond donors (Lipinski definition) is 1. The summed E-state index contributed by atoms with van der Waals surface area (Å²) < 4.78 is 23.9. The van der Waals surface area contributed by atoms with Crippen LogP contribution in [0.5, 0.6) is 0 Å². The van der Waals surface area contributed by atoms with Gasteiger partial charge < -0.3 is 0 Å². The fraction of sp³-hybridized carbons (Fsp3) is 0.308. The van der Waals surface area contributed by atoms with Gasteiger partial charge in [-0.1, -0.05) is 23.3 Å². The summed E-state index contributed by atoms with van der Waals surface area (Å²) in [7, 11) is -3.55. The van der Waals surface area contributed by atoms with E-state index in [0.29, 0.717) is 0 Å². The van der Waals surface area contributed by atoms with Gasteiger partial charge in [0.1, 0.15) is 0 Å². The molecule has 2 rings (SSSR count). The van der Waals surface area contributed by atoms with Crippen molar-refractivity contribution in [2.75, 3.05) is 0 Å². The summed E-state index contributed by atoms with van der Waals surface area (Å²) in [6.45, 7) is 3.92. The third kappa shape index (κ3) is 2.98. The molecule has 0 aromatic heterocycles. The second kappa shape index (κ2) is 4.94. The molecular weight excluding hydrogens is 248 g/mol. The summed E-state index contributed by atoms with van der Waals surface area (Å²) >= 11 is 0. The van der Waals surface area contributed by atoms with Crippen LogP contribution in [0.25, 0.3) is 0 Å². The number of hydrogen-bond acceptors (Lipinski definition) is 3. The van der Waals surface area contributed by atoms with Crippen LogP contribution >= 0.6 is 0 Å². The maximum Gasteiger partial charge on any atom is 0.276 e. The van der Waals surface area contributed by atoms with Gasteiger partial charge in [-0.05, 0) is 44.9 Å². The summed E-state index contributed by atoms with van der Waals surface area (Å²) in [5.41, 5.74) is 3.03. The van der Waals surface area contributed by atoms with Crippen molar-refractivity contribution in [3.05, 3.63) is 41.5 Å². The molecule has 0 atom stereocenters. The average Bonchev–Trinajstić information content (AvgIpc) is 2.73. The first-order valence-electron chi connectivity index (χ1n) is 5.79. The largest absolute Gasteiger partial charge is 0.276 e. The lowest BCUT2D eigenvalue weighted by atomic mass is 10.2. The normalized spacial score (nSPS) is 17.9. The molecule has 0 saturated carbocycles. The van der Waals surface area contributed by atoms with Crippen LogP contribution in [-0.4, -0.2) is 14.1 Å². The smallest absolute Gasteiger partial charge is 0.200 e. The Balaban J connectivity index is 2.15. The van der Waals surface area contributed by atoms with Crippen LogP contribution in [0.4, 0.5) is 0 Å². The van der Waals surface area contributed by atoms with E-state index in [1.165, 1.54) is 5.57 Å². The molecule has 1 aromatic carbocycles. The zero-order chi connectivity index (χ0) is 13.2. The van der Waals surface area contributed by atoms with Crippen molar-refractivity contribution >= 4 is 15.7 Å². The van der Waals surface area contributed by atoms with Gasteiger partial charge >= 0.3 is 0 Å². The highest BCUT2D eigenvalue weighted by Gasteiger charge is 2.13. The third-order valence-corrected chi connectivity index (χ3v) is 4.05. The molecule has 1 aliphatic carbocycles. The fourth-order valence-corrected chi connectivity index (χ4v) is 2.57. The Labute approximate surface area is 107 Å². The minimum absolute atomic E-state index is 0.233. The van der Waals surface area contributed by atoms with Crippen molar-refractivity contribution in [2.24, 2.45) is 5.10 Å². The molecule has 18 heavy (non-hydrogen) atoms. The molecule has 4 nitrogen and oxygen atoms in total. The van der Waals surface area contributed by atoms with Gasteiger partial charge in [0.15, 0.2) is 0 Å². The molecule has 0 saturated heterocycles. The summed E-state index contributed by atoms with van der Waals surface area (Å²) in [6.07, 6.45) is 3.66. The van der Waals surface area contributed by atoms with E-state index in [-0.39, 0.29) is 4.90 Å². The number of nitrogens with zero attached hydrogens (tertiary/aromatic N) is 1. The molecule has 0 fully saturated rings. The zero-order valence-corrected chi connectivity index (χ0v) is 11.3. The fourth-order valence-electron chi connectivity index (χ4n) is 1.73. The number of rotatable bonds is 3. The molecule has 0 spiro atoms. The van der Waals surface area contributed by atoms with Crippen LogP contribution in [0.3, 0.4) is 0 Å². The predicted molar refractivity (Wildman–Crippen MR) is 71.9 cm³/mol. The number of aryl methyl sites for hydroxylation is 1. The molecule has 0 bridgehead atoms. The minimum atomic E-state index is -3.55. The van der Waals surface area contributed by atoms with Crippen LogP contribution in [0, 0.1) is 6.92 Å². The van der Waals surface area contributed by atoms with Crippen LogP contribution in [0.2, 0.25) is 0 Å². The van der Waals surface area contributed by atoms with Crippen molar-refractivity contribution in [3.8, 4) is 0 Å². The summed E-state index contributed by atoms with van der Waals surface area (Å²) in [5.74, 6) is 0. The van der Waals surface area contributed by atoms with Crippen LogP contribution in [0.15, 0.2) is 45.9 Å². The van der Waals surface area contributed by atoms with Crippen molar-refractivity contribution in [1.82, 2.24) is 4.83 Å². The molecule has 0 aliphatic heterocycles. The predicted octanol–water partition coefficient (Wildman–Crippen LogP) is 2.37. The van der Waals surface area contributed by atoms with Crippen LogP contribution in [0.1, 0.15) is 25.3 Å². The van der Waals surface area contributed by atoms with Crippen LogP contribution < -0.4 is 4.83 Å². The van der Waals surface area contributed by atoms with Crippen molar-refractivity contribution < 1.29 is 8.42 Å². The second-order valence-corrected chi connectivity index (χ2v) is 6.16. The SMILES string of the molecule is CC1=CC(=NNS(=O)(=O)c2ccc(C)cc2)CC1. The number of hydrazone groups is 1. The summed E-state index contributed by atoms with van der Waals surface area (Å²) in [6, 6.07) is 6.68. The van der Waals surface area contributed by atoms with Gasteiger partial charge in [0.2, 0.25) is 0 Å². The first-order chi connectivity index (χ1) is 8.47. The van der Waals surface area contributed by atoms with E-state index in [1.807, 2.05) is 19.9 Å². The molecule has 96 valence electrons. The Morgan fingerprint density at radius 2 is 1.78 bits per heavy atom. The van der Waals surface area contributed by atoms with Gasteiger partial charge in [-0.25, -0.2) is 0 Å². The summed E-state index contributed by atoms with van der Waals surface area (Å²) in [5, 5.41) is 3.95. The second-order valence-electron chi connectivity index (χ2n) is 4.50. The van der Waals surface area contributed by atoms with E-state index in [4.69, 9.17) is 0 Å². The van der Waals surface area contributed by atoms with Gasteiger partial charge in [-0.2, -0.15) is 18.4 Å². The molecule has 1 aliphatic rings. The van der Waals surface area contributed by atoms with Crippen LogP contribution in [-0.2, 0) is 10.0 Å². The molecule has 1 N–H and O–H groups in total. The first kappa shape index (κ1) is 12.8. The van der Waals surface area contributed by atoms with E-state index >= 15 is 0 Å². The van der Waals surface area contributed by atoms with E-state index < -0.39 is 10.0 Å². The Bertz CT molecular complexity index is 598. The number of sulfonamides is 1. The topological polar surface area (TPSA) is 58.5 Å². The molecule has 0 radical (unpaired) electrons. The number of nitrogens with one attached hydrogen (secondary N) is 1. The minimum Gasteiger partial charge on any atom is -0.200 e. The molecule has 0 unspecified atom stereocenters. The molecule has 0 heterocycles. The Morgan fingerprint density at radius 1 is 1.11 bits per heavy atom.